The highest BCUT2D eigenvalue weighted by Gasteiger charge is 2.16. The third-order valence-corrected chi connectivity index (χ3v) is 2.95. The van der Waals surface area contributed by atoms with E-state index in [-0.39, 0.29) is 12.3 Å². The van der Waals surface area contributed by atoms with Crippen molar-refractivity contribution in [2.24, 2.45) is 0 Å². The molecule has 0 radical (unpaired) electrons. The molecule has 0 fully saturated rings. The highest BCUT2D eigenvalue weighted by Crippen LogP contribution is 2.04. The number of carbonyl (C=O) groups is 3. The highest BCUT2D eigenvalue weighted by atomic mass is 19.1. The number of hydrogen-bond acceptors (Lipinski definition) is 4. The molecule has 0 aliphatic rings. The summed E-state index contributed by atoms with van der Waals surface area (Å²) in [6.07, 6.45) is 0.744. The topological polar surface area (TPSA) is 84.5 Å². The number of rotatable bonds is 8. The highest BCUT2D eigenvalue weighted by molar-refractivity contribution is 5.88. The summed E-state index contributed by atoms with van der Waals surface area (Å²) in [7, 11) is 0. The lowest BCUT2D eigenvalue weighted by Gasteiger charge is -2.13. The molecule has 2 amide bonds. The maximum Gasteiger partial charge on any atom is 0.310 e. The summed E-state index contributed by atoms with van der Waals surface area (Å²) < 4.78 is 17.6. The molecule has 1 atom stereocenters. The van der Waals surface area contributed by atoms with E-state index in [1.54, 1.807) is 6.92 Å². The van der Waals surface area contributed by atoms with Crippen LogP contribution < -0.4 is 10.6 Å². The summed E-state index contributed by atoms with van der Waals surface area (Å²) >= 11 is 0. The number of esters is 1. The third kappa shape index (κ3) is 7.39. The van der Waals surface area contributed by atoms with Crippen molar-refractivity contribution in [1.82, 2.24) is 10.6 Å². The maximum atomic E-state index is 12.7. The standard InChI is InChI=1S/C16H21FN2O4/c1-3-8-18-16(22)11(2)19-14(20)10-23-15(21)9-12-4-6-13(17)7-5-12/h4-7,11H,3,8-10H2,1-2H3,(H,18,22)(H,19,20)/t11-/m1/s1. The molecule has 126 valence electrons. The monoisotopic (exact) mass is 324 g/mol. The molecular formula is C16H21FN2O4. The molecule has 1 rings (SSSR count). The normalized spacial score (nSPS) is 11.4. The minimum absolute atomic E-state index is 0.0555. The Balaban J connectivity index is 2.30. The number of ether oxygens (including phenoxy) is 1. The van der Waals surface area contributed by atoms with Crippen LogP contribution in [0.4, 0.5) is 4.39 Å². The van der Waals surface area contributed by atoms with Crippen LogP contribution >= 0.6 is 0 Å². The van der Waals surface area contributed by atoms with Gasteiger partial charge in [0.05, 0.1) is 6.42 Å². The second kappa shape index (κ2) is 9.55. The SMILES string of the molecule is CCCNC(=O)[C@@H](C)NC(=O)COC(=O)Cc1ccc(F)cc1. The molecular weight excluding hydrogens is 303 g/mol. The van der Waals surface area contributed by atoms with Gasteiger partial charge in [0.2, 0.25) is 5.91 Å². The summed E-state index contributed by atoms with van der Waals surface area (Å²) in [5.74, 6) is -1.85. The van der Waals surface area contributed by atoms with Gasteiger partial charge in [0, 0.05) is 6.54 Å². The zero-order chi connectivity index (χ0) is 17.2. The van der Waals surface area contributed by atoms with Gasteiger partial charge in [-0.05, 0) is 31.0 Å². The van der Waals surface area contributed by atoms with E-state index >= 15 is 0 Å². The largest absolute Gasteiger partial charge is 0.455 e. The zero-order valence-corrected chi connectivity index (χ0v) is 13.2. The minimum Gasteiger partial charge on any atom is -0.455 e. The molecule has 2 N–H and O–H groups in total. The van der Waals surface area contributed by atoms with Gasteiger partial charge in [-0.25, -0.2) is 4.39 Å². The number of carbonyl (C=O) groups excluding carboxylic acids is 3. The lowest BCUT2D eigenvalue weighted by molar-refractivity contribution is -0.148. The Bertz CT molecular complexity index is 546. The van der Waals surface area contributed by atoms with Crippen molar-refractivity contribution >= 4 is 17.8 Å². The van der Waals surface area contributed by atoms with Crippen molar-refractivity contribution in [1.29, 1.82) is 0 Å². The van der Waals surface area contributed by atoms with Crippen molar-refractivity contribution < 1.29 is 23.5 Å². The third-order valence-electron chi connectivity index (χ3n) is 2.95. The van der Waals surface area contributed by atoms with Crippen LogP contribution in [-0.4, -0.2) is 37.0 Å². The molecule has 1 aromatic carbocycles. The van der Waals surface area contributed by atoms with E-state index < -0.39 is 30.3 Å². The molecule has 0 aliphatic carbocycles. The summed E-state index contributed by atoms with van der Waals surface area (Å²) in [6.45, 7) is 3.53. The quantitative estimate of drug-likeness (QED) is 0.697. The lowest BCUT2D eigenvalue weighted by Crippen LogP contribution is -2.46. The second-order valence-electron chi connectivity index (χ2n) is 5.04. The van der Waals surface area contributed by atoms with Crippen LogP contribution in [0, 0.1) is 5.82 Å². The second-order valence-corrected chi connectivity index (χ2v) is 5.04. The zero-order valence-electron chi connectivity index (χ0n) is 13.2. The molecule has 0 spiro atoms. The van der Waals surface area contributed by atoms with Gasteiger partial charge in [-0.15, -0.1) is 0 Å². The van der Waals surface area contributed by atoms with Crippen molar-refractivity contribution in [3.05, 3.63) is 35.6 Å². The number of nitrogens with one attached hydrogen (secondary N) is 2. The van der Waals surface area contributed by atoms with Crippen molar-refractivity contribution in [3.8, 4) is 0 Å². The Hall–Kier alpha value is -2.44. The minimum atomic E-state index is -0.704. The molecule has 0 heterocycles. The van der Waals surface area contributed by atoms with Gasteiger partial charge >= 0.3 is 5.97 Å². The van der Waals surface area contributed by atoms with E-state index in [0.29, 0.717) is 12.1 Å². The fourth-order valence-electron chi connectivity index (χ4n) is 1.72. The van der Waals surface area contributed by atoms with Crippen molar-refractivity contribution in [3.63, 3.8) is 0 Å². The van der Waals surface area contributed by atoms with E-state index in [4.69, 9.17) is 4.74 Å². The van der Waals surface area contributed by atoms with E-state index in [0.717, 1.165) is 6.42 Å². The molecule has 0 aliphatic heterocycles. The van der Waals surface area contributed by atoms with Gasteiger partial charge in [0.25, 0.3) is 5.91 Å². The van der Waals surface area contributed by atoms with Gasteiger partial charge in [-0.3, -0.25) is 14.4 Å². The summed E-state index contributed by atoms with van der Waals surface area (Å²) in [6, 6.07) is 4.72. The first-order chi connectivity index (χ1) is 10.9. The molecule has 6 nitrogen and oxygen atoms in total. The van der Waals surface area contributed by atoms with Gasteiger partial charge in [0.1, 0.15) is 11.9 Å². The first-order valence-corrected chi connectivity index (χ1v) is 7.39. The molecule has 0 saturated heterocycles. The van der Waals surface area contributed by atoms with Gasteiger partial charge in [0.15, 0.2) is 6.61 Å². The Morgan fingerprint density at radius 2 is 1.87 bits per heavy atom. The van der Waals surface area contributed by atoms with Crippen LogP contribution in [-0.2, 0) is 25.5 Å². The van der Waals surface area contributed by atoms with Gasteiger partial charge < -0.3 is 15.4 Å². The number of halogens is 1. The average molecular weight is 324 g/mol. The van der Waals surface area contributed by atoms with Crippen LogP contribution in [0.15, 0.2) is 24.3 Å². The number of benzene rings is 1. The lowest BCUT2D eigenvalue weighted by atomic mass is 10.1. The van der Waals surface area contributed by atoms with E-state index in [1.807, 2.05) is 6.92 Å². The molecule has 1 aromatic rings. The van der Waals surface area contributed by atoms with E-state index in [2.05, 4.69) is 10.6 Å². The predicted molar refractivity (Wildman–Crippen MR) is 82.0 cm³/mol. The molecule has 7 heteroatoms. The van der Waals surface area contributed by atoms with Crippen LogP contribution in [0.3, 0.4) is 0 Å². The summed E-state index contributed by atoms with van der Waals surface area (Å²) in [5, 5.41) is 5.08. The Labute approximate surface area is 134 Å². The van der Waals surface area contributed by atoms with Crippen LogP contribution in [0.2, 0.25) is 0 Å². The Morgan fingerprint density at radius 3 is 2.48 bits per heavy atom. The first kappa shape index (κ1) is 18.6. The fraction of sp³-hybridized carbons (Fsp3) is 0.438. The molecule has 23 heavy (non-hydrogen) atoms. The van der Waals surface area contributed by atoms with Crippen LogP contribution in [0.25, 0.3) is 0 Å². The van der Waals surface area contributed by atoms with Crippen LogP contribution in [0.5, 0.6) is 0 Å². The smallest absolute Gasteiger partial charge is 0.310 e. The summed E-state index contributed by atoms with van der Waals surface area (Å²) in [5.41, 5.74) is 0.587. The number of amides is 2. The Morgan fingerprint density at radius 1 is 1.22 bits per heavy atom. The van der Waals surface area contributed by atoms with E-state index in [1.165, 1.54) is 24.3 Å². The van der Waals surface area contributed by atoms with E-state index in [9.17, 15) is 18.8 Å². The molecule has 0 unspecified atom stereocenters. The van der Waals surface area contributed by atoms with Crippen molar-refractivity contribution in [2.45, 2.75) is 32.7 Å². The Kier molecular flexibility index (Phi) is 7.73. The van der Waals surface area contributed by atoms with Gasteiger partial charge in [-0.2, -0.15) is 0 Å². The first-order valence-electron chi connectivity index (χ1n) is 7.39. The molecule has 0 aromatic heterocycles. The van der Waals surface area contributed by atoms with Crippen LogP contribution in [0.1, 0.15) is 25.8 Å². The maximum absolute atomic E-state index is 12.7. The average Bonchev–Trinajstić information content (AvgIpc) is 2.52. The molecule has 0 saturated carbocycles. The van der Waals surface area contributed by atoms with Crippen molar-refractivity contribution in [2.75, 3.05) is 13.2 Å². The fourth-order valence-corrected chi connectivity index (χ4v) is 1.72. The summed E-state index contributed by atoms with van der Waals surface area (Å²) in [4.78, 5) is 34.8. The van der Waals surface area contributed by atoms with Gasteiger partial charge in [-0.1, -0.05) is 19.1 Å². The number of hydrogen-bond donors (Lipinski definition) is 2. The predicted octanol–water partition coefficient (Wildman–Crippen LogP) is 0.942. The molecule has 0 bridgehead atoms.